The Balaban J connectivity index is 2.13. The van der Waals surface area contributed by atoms with Gasteiger partial charge in [0.05, 0.1) is 25.0 Å². The van der Waals surface area contributed by atoms with Crippen LogP contribution in [-0.2, 0) is 30.6 Å². The highest BCUT2D eigenvalue weighted by atomic mass is 32.2. The van der Waals surface area contributed by atoms with Gasteiger partial charge < -0.3 is 9.64 Å². The summed E-state index contributed by atoms with van der Waals surface area (Å²) in [6.07, 6.45) is 0.494. The quantitative estimate of drug-likeness (QED) is 0.733. The number of hydrogen-bond acceptors (Lipinski definition) is 5. The van der Waals surface area contributed by atoms with Crippen LogP contribution in [0.1, 0.15) is 12.0 Å². The smallest absolute Gasteiger partial charge is 0.325 e. The average molecular weight is 325 g/mol. The lowest BCUT2D eigenvalue weighted by atomic mass is 10.1. The molecule has 1 atom stereocenters. The minimum atomic E-state index is -3.14. The third kappa shape index (κ3) is 4.30. The topological polar surface area (TPSA) is 80.8 Å². The molecule has 120 valence electrons. The maximum Gasteiger partial charge on any atom is 0.325 e. The molecular weight excluding hydrogens is 306 g/mol. The molecule has 1 aromatic carbocycles. The predicted molar refractivity (Wildman–Crippen MR) is 80.9 cm³/mol. The number of sulfone groups is 1. The zero-order valence-electron chi connectivity index (χ0n) is 12.4. The Labute approximate surface area is 130 Å². The van der Waals surface area contributed by atoms with Crippen LogP contribution in [0, 0.1) is 0 Å². The van der Waals surface area contributed by atoms with Crippen LogP contribution >= 0.6 is 0 Å². The van der Waals surface area contributed by atoms with Crippen LogP contribution in [0.4, 0.5) is 0 Å². The number of carbonyl (C=O) groups is 2. The van der Waals surface area contributed by atoms with Crippen molar-refractivity contribution in [1.29, 1.82) is 0 Å². The van der Waals surface area contributed by atoms with Crippen molar-refractivity contribution in [3.05, 3.63) is 35.9 Å². The third-order valence-electron chi connectivity index (χ3n) is 3.69. The first-order chi connectivity index (χ1) is 10.4. The van der Waals surface area contributed by atoms with Crippen LogP contribution < -0.4 is 0 Å². The lowest BCUT2D eigenvalue weighted by Gasteiger charge is -2.27. The van der Waals surface area contributed by atoms with Gasteiger partial charge in [0.15, 0.2) is 9.84 Å². The predicted octanol–water partition coefficient (Wildman–Crippen LogP) is 0.418. The van der Waals surface area contributed by atoms with Gasteiger partial charge in [0, 0.05) is 6.04 Å². The minimum absolute atomic E-state index is 0.0496. The number of ether oxygens (including phenoxy) is 1. The Hall–Kier alpha value is -1.89. The van der Waals surface area contributed by atoms with E-state index in [9.17, 15) is 18.0 Å². The van der Waals surface area contributed by atoms with Gasteiger partial charge in [-0.25, -0.2) is 8.42 Å². The highest BCUT2D eigenvalue weighted by molar-refractivity contribution is 7.91. The second kappa shape index (κ2) is 6.91. The van der Waals surface area contributed by atoms with E-state index in [4.69, 9.17) is 0 Å². The van der Waals surface area contributed by atoms with Crippen LogP contribution in [-0.4, -0.2) is 56.4 Å². The summed E-state index contributed by atoms with van der Waals surface area (Å²) in [5.74, 6) is -0.859. The monoisotopic (exact) mass is 325 g/mol. The Morgan fingerprint density at radius 2 is 1.95 bits per heavy atom. The molecule has 0 N–H and O–H groups in total. The third-order valence-corrected chi connectivity index (χ3v) is 5.45. The van der Waals surface area contributed by atoms with Crippen molar-refractivity contribution in [1.82, 2.24) is 4.90 Å². The Morgan fingerprint density at radius 1 is 1.27 bits per heavy atom. The molecule has 2 rings (SSSR count). The van der Waals surface area contributed by atoms with Crippen LogP contribution in [0.5, 0.6) is 0 Å². The van der Waals surface area contributed by atoms with Crippen LogP contribution in [0.2, 0.25) is 0 Å². The van der Waals surface area contributed by atoms with Crippen molar-refractivity contribution < 1.29 is 22.7 Å². The molecule has 0 aliphatic carbocycles. The first-order valence-electron chi connectivity index (χ1n) is 7.02. The van der Waals surface area contributed by atoms with Gasteiger partial charge in [-0.3, -0.25) is 9.59 Å². The molecule has 1 fully saturated rings. The second-order valence-corrected chi connectivity index (χ2v) is 7.55. The van der Waals surface area contributed by atoms with Gasteiger partial charge in [0.2, 0.25) is 5.91 Å². The molecule has 1 saturated heterocycles. The molecule has 1 aliphatic heterocycles. The molecule has 6 nitrogen and oxygen atoms in total. The molecule has 0 radical (unpaired) electrons. The highest BCUT2D eigenvalue weighted by Gasteiger charge is 2.35. The lowest BCUT2D eigenvalue weighted by Crippen LogP contribution is -2.45. The largest absolute Gasteiger partial charge is 0.468 e. The number of nitrogens with zero attached hydrogens (tertiary/aromatic N) is 1. The van der Waals surface area contributed by atoms with Crippen LogP contribution in [0.25, 0.3) is 0 Å². The summed E-state index contributed by atoms with van der Waals surface area (Å²) in [5.41, 5.74) is 0.822. The molecule has 7 heteroatoms. The first kappa shape index (κ1) is 16.5. The number of benzene rings is 1. The van der Waals surface area contributed by atoms with E-state index in [1.807, 2.05) is 30.3 Å². The molecular formula is C15H19NO5S. The molecule has 1 aliphatic rings. The Bertz CT molecular complexity index is 641. The van der Waals surface area contributed by atoms with Gasteiger partial charge >= 0.3 is 5.97 Å². The number of carbonyl (C=O) groups excluding carboxylic acids is 2. The zero-order chi connectivity index (χ0) is 16.2. The summed E-state index contributed by atoms with van der Waals surface area (Å²) in [4.78, 5) is 25.4. The molecule has 0 unspecified atom stereocenters. The summed E-state index contributed by atoms with van der Waals surface area (Å²) in [5, 5.41) is 0. The summed E-state index contributed by atoms with van der Waals surface area (Å²) < 4.78 is 27.9. The van der Waals surface area contributed by atoms with Crippen molar-refractivity contribution >= 4 is 21.7 Å². The van der Waals surface area contributed by atoms with E-state index >= 15 is 0 Å². The summed E-state index contributed by atoms with van der Waals surface area (Å²) >= 11 is 0. The fraction of sp³-hybridized carbons (Fsp3) is 0.467. The van der Waals surface area contributed by atoms with E-state index in [-0.39, 0.29) is 30.4 Å². The second-order valence-electron chi connectivity index (χ2n) is 5.32. The number of amides is 1. The molecule has 0 saturated carbocycles. The van der Waals surface area contributed by atoms with E-state index in [1.54, 1.807) is 0 Å². The number of rotatable bonds is 5. The van der Waals surface area contributed by atoms with Crippen molar-refractivity contribution in [2.24, 2.45) is 0 Å². The van der Waals surface area contributed by atoms with E-state index in [2.05, 4.69) is 4.74 Å². The fourth-order valence-electron chi connectivity index (χ4n) is 2.52. The Morgan fingerprint density at radius 3 is 2.50 bits per heavy atom. The van der Waals surface area contributed by atoms with Crippen LogP contribution in [0.3, 0.4) is 0 Å². The van der Waals surface area contributed by atoms with Gasteiger partial charge in [-0.05, 0) is 12.0 Å². The Kier molecular flexibility index (Phi) is 5.18. The zero-order valence-corrected chi connectivity index (χ0v) is 13.2. The number of hydrogen-bond donors (Lipinski definition) is 0. The summed E-state index contributed by atoms with van der Waals surface area (Å²) in [6, 6.07) is 8.68. The maximum atomic E-state index is 12.5. The van der Waals surface area contributed by atoms with Crippen molar-refractivity contribution in [2.75, 3.05) is 25.2 Å². The lowest BCUT2D eigenvalue weighted by molar-refractivity contribution is -0.148. The summed E-state index contributed by atoms with van der Waals surface area (Å²) in [6.45, 7) is -0.220. The van der Waals surface area contributed by atoms with E-state index in [0.29, 0.717) is 6.42 Å². The van der Waals surface area contributed by atoms with E-state index in [0.717, 1.165) is 5.56 Å². The minimum Gasteiger partial charge on any atom is -0.468 e. The molecule has 1 aromatic rings. The highest BCUT2D eigenvalue weighted by Crippen LogP contribution is 2.19. The normalized spacial score (nSPS) is 19.6. The van der Waals surface area contributed by atoms with Gasteiger partial charge in [0.25, 0.3) is 0 Å². The van der Waals surface area contributed by atoms with Crippen molar-refractivity contribution in [2.45, 2.75) is 18.9 Å². The maximum absolute atomic E-state index is 12.5. The van der Waals surface area contributed by atoms with Gasteiger partial charge in [-0.2, -0.15) is 0 Å². The molecule has 0 spiro atoms. The van der Waals surface area contributed by atoms with E-state index < -0.39 is 21.8 Å². The van der Waals surface area contributed by atoms with Crippen LogP contribution in [0.15, 0.2) is 30.3 Å². The molecule has 22 heavy (non-hydrogen) atoms. The van der Waals surface area contributed by atoms with Crippen molar-refractivity contribution in [3.63, 3.8) is 0 Å². The molecule has 0 aromatic heterocycles. The standard InChI is InChI=1S/C15H19NO5S/c1-21-15(18)10-16(13-7-8-22(19,20)11-13)14(17)9-12-5-3-2-4-6-12/h2-6,13H,7-11H2,1H3/t13-/m0/s1. The molecule has 1 heterocycles. The molecule has 1 amide bonds. The first-order valence-corrected chi connectivity index (χ1v) is 8.84. The number of methoxy groups -OCH3 is 1. The molecule has 0 bridgehead atoms. The van der Waals surface area contributed by atoms with Gasteiger partial charge in [0.1, 0.15) is 6.54 Å². The average Bonchev–Trinajstić information content (AvgIpc) is 2.85. The van der Waals surface area contributed by atoms with Crippen molar-refractivity contribution in [3.8, 4) is 0 Å². The van der Waals surface area contributed by atoms with Gasteiger partial charge in [-0.1, -0.05) is 30.3 Å². The number of esters is 1. The van der Waals surface area contributed by atoms with Gasteiger partial charge in [-0.15, -0.1) is 0 Å². The summed E-state index contributed by atoms with van der Waals surface area (Å²) in [7, 11) is -1.89. The van der Waals surface area contributed by atoms with E-state index in [1.165, 1.54) is 12.0 Å². The SMILES string of the molecule is COC(=O)CN(C(=O)Cc1ccccc1)[C@H]1CCS(=O)(=O)C1. The fourth-order valence-corrected chi connectivity index (χ4v) is 4.25.